The van der Waals surface area contributed by atoms with Crippen molar-refractivity contribution < 1.29 is 4.74 Å². The van der Waals surface area contributed by atoms with Crippen LogP contribution in [-0.2, 0) is 6.61 Å². The second kappa shape index (κ2) is 7.15. The highest BCUT2D eigenvalue weighted by Gasteiger charge is 2.06. The summed E-state index contributed by atoms with van der Waals surface area (Å²) in [5.41, 5.74) is 2.15. The standard InChI is InChI=1S/C16H19ClN2O/c1-3-8-18-16-13(5-4-9-19-16)11-20-15-7-6-12(2)10-14(15)17/h4-7,9-10H,3,8,11H2,1-2H3,(H,18,19). The molecule has 106 valence electrons. The van der Waals surface area contributed by atoms with E-state index in [9.17, 15) is 0 Å². The van der Waals surface area contributed by atoms with E-state index < -0.39 is 0 Å². The first-order chi connectivity index (χ1) is 9.70. The third-order valence-corrected chi connectivity index (χ3v) is 3.20. The van der Waals surface area contributed by atoms with E-state index in [0.717, 1.165) is 29.9 Å². The zero-order valence-corrected chi connectivity index (χ0v) is 12.6. The average Bonchev–Trinajstić information content (AvgIpc) is 2.45. The third kappa shape index (κ3) is 3.87. The van der Waals surface area contributed by atoms with Crippen molar-refractivity contribution in [3.8, 4) is 5.75 Å². The highest BCUT2D eigenvalue weighted by atomic mass is 35.5. The Balaban J connectivity index is 2.06. The zero-order valence-electron chi connectivity index (χ0n) is 11.8. The van der Waals surface area contributed by atoms with Gasteiger partial charge in [0.25, 0.3) is 0 Å². The molecule has 1 aromatic carbocycles. The van der Waals surface area contributed by atoms with Gasteiger partial charge >= 0.3 is 0 Å². The number of pyridine rings is 1. The Hall–Kier alpha value is -1.74. The summed E-state index contributed by atoms with van der Waals surface area (Å²) in [6, 6.07) is 9.70. The lowest BCUT2D eigenvalue weighted by atomic mass is 10.2. The van der Waals surface area contributed by atoms with E-state index in [1.54, 1.807) is 6.20 Å². The van der Waals surface area contributed by atoms with Gasteiger partial charge in [0.15, 0.2) is 0 Å². The molecular weight excluding hydrogens is 272 g/mol. The van der Waals surface area contributed by atoms with Gasteiger partial charge in [-0.1, -0.05) is 30.7 Å². The molecule has 1 N–H and O–H groups in total. The molecule has 0 amide bonds. The van der Waals surface area contributed by atoms with Crippen LogP contribution in [0, 0.1) is 6.92 Å². The molecule has 4 heteroatoms. The predicted molar refractivity (Wildman–Crippen MR) is 83.5 cm³/mol. The quantitative estimate of drug-likeness (QED) is 0.854. The molecule has 1 aromatic heterocycles. The van der Waals surface area contributed by atoms with E-state index in [0.29, 0.717) is 17.4 Å². The summed E-state index contributed by atoms with van der Waals surface area (Å²) in [6.45, 7) is 5.47. The van der Waals surface area contributed by atoms with Gasteiger partial charge < -0.3 is 10.1 Å². The minimum atomic E-state index is 0.447. The zero-order chi connectivity index (χ0) is 14.4. The van der Waals surface area contributed by atoms with E-state index in [2.05, 4.69) is 17.2 Å². The number of benzene rings is 1. The number of ether oxygens (including phenoxy) is 1. The topological polar surface area (TPSA) is 34.2 Å². The van der Waals surface area contributed by atoms with Crippen LogP contribution >= 0.6 is 11.6 Å². The van der Waals surface area contributed by atoms with Gasteiger partial charge in [-0.3, -0.25) is 0 Å². The third-order valence-electron chi connectivity index (χ3n) is 2.90. The molecule has 0 aliphatic carbocycles. The second-order valence-electron chi connectivity index (χ2n) is 4.66. The van der Waals surface area contributed by atoms with Crippen LogP contribution in [0.1, 0.15) is 24.5 Å². The Morgan fingerprint density at radius 1 is 1.30 bits per heavy atom. The lowest BCUT2D eigenvalue weighted by Crippen LogP contribution is -2.07. The molecule has 3 nitrogen and oxygen atoms in total. The summed E-state index contributed by atoms with van der Waals surface area (Å²) in [7, 11) is 0. The maximum Gasteiger partial charge on any atom is 0.138 e. The molecule has 0 bridgehead atoms. The fraction of sp³-hybridized carbons (Fsp3) is 0.312. The van der Waals surface area contributed by atoms with Gasteiger partial charge in [-0.15, -0.1) is 0 Å². The Morgan fingerprint density at radius 2 is 2.15 bits per heavy atom. The molecule has 2 rings (SSSR count). The molecule has 20 heavy (non-hydrogen) atoms. The number of rotatable bonds is 6. The summed E-state index contributed by atoms with van der Waals surface area (Å²) in [5, 5.41) is 3.93. The van der Waals surface area contributed by atoms with E-state index in [-0.39, 0.29) is 0 Å². The van der Waals surface area contributed by atoms with Crippen LogP contribution < -0.4 is 10.1 Å². The molecule has 0 saturated heterocycles. The first-order valence-electron chi connectivity index (χ1n) is 6.77. The van der Waals surface area contributed by atoms with Gasteiger partial charge in [-0.25, -0.2) is 4.98 Å². The monoisotopic (exact) mass is 290 g/mol. The lowest BCUT2D eigenvalue weighted by molar-refractivity contribution is 0.306. The largest absolute Gasteiger partial charge is 0.487 e. The van der Waals surface area contributed by atoms with Gasteiger partial charge in [0.1, 0.15) is 18.2 Å². The van der Waals surface area contributed by atoms with Crippen LogP contribution in [0.3, 0.4) is 0 Å². The molecule has 0 atom stereocenters. The van der Waals surface area contributed by atoms with E-state index >= 15 is 0 Å². The smallest absolute Gasteiger partial charge is 0.138 e. The predicted octanol–water partition coefficient (Wildman–Crippen LogP) is 4.44. The molecule has 1 heterocycles. The van der Waals surface area contributed by atoms with Crippen LogP contribution in [-0.4, -0.2) is 11.5 Å². The fourth-order valence-electron chi connectivity index (χ4n) is 1.84. The first kappa shape index (κ1) is 14.7. The number of halogens is 1. The van der Waals surface area contributed by atoms with Crippen LogP contribution in [0.4, 0.5) is 5.82 Å². The van der Waals surface area contributed by atoms with Crippen molar-refractivity contribution >= 4 is 17.4 Å². The first-order valence-corrected chi connectivity index (χ1v) is 7.15. The molecule has 0 fully saturated rings. The number of aryl methyl sites for hydroxylation is 1. The molecule has 2 aromatic rings. The minimum Gasteiger partial charge on any atom is -0.487 e. The maximum atomic E-state index is 6.16. The summed E-state index contributed by atoms with van der Waals surface area (Å²) >= 11 is 6.16. The number of anilines is 1. The number of hydrogen-bond donors (Lipinski definition) is 1. The molecule has 0 aliphatic heterocycles. The average molecular weight is 291 g/mol. The molecule has 0 unspecified atom stereocenters. The summed E-state index contributed by atoms with van der Waals surface area (Å²) in [5.74, 6) is 1.57. The van der Waals surface area contributed by atoms with Crippen LogP contribution in [0.15, 0.2) is 36.5 Å². The van der Waals surface area contributed by atoms with Gasteiger partial charge in [-0.2, -0.15) is 0 Å². The number of nitrogens with zero attached hydrogens (tertiary/aromatic N) is 1. The molecule has 0 saturated carbocycles. The van der Waals surface area contributed by atoms with Crippen molar-refractivity contribution in [1.29, 1.82) is 0 Å². The summed E-state index contributed by atoms with van der Waals surface area (Å²) in [4.78, 5) is 4.34. The van der Waals surface area contributed by atoms with Gasteiger partial charge in [-0.05, 0) is 37.1 Å². The Morgan fingerprint density at radius 3 is 2.90 bits per heavy atom. The lowest BCUT2D eigenvalue weighted by Gasteiger charge is -2.12. The normalized spacial score (nSPS) is 10.3. The Labute approximate surface area is 124 Å². The van der Waals surface area contributed by atoms with Crippen molar-refractivity contribution in [3.05, 3.63) is 52.7 Å². The number of nitrogens with one attached hydrogen (secondary N) is 1. The van der Waals surface area contributed by atoms with E-state index in [1.165, 1.54) is 0 Å². The second-order valence-corrected chi connectivity index (χ2v) is 5.07. The minimum absolute atomic E-state index is 0.447. The van der Waals surface area contributed by atoms with Crippen molar-refractivity contribution in [1.82, 2.24) is 4.98 Å². The molecule has 0 aliphatic rings. The van der Waals surface area contributed by atoms with Crippen molar-refractivity contribution in [3.63, 3.8) is 0 Å². The Bertz CT molecular complexity index is 572. The number of hydrogen-bond acceptors (Lipinski definition) is 3. The SMILES string of the molecule is CCCNc1ncccc1COc1ccc(C)cc1Cl. The van der Waals surface area contributed by atoms with E-state index in [1.807, 2.05) is 37.3 Å². The van der Waals surface area contributed by atoms with Crippen molar-refractivity contribution in [2.24, 2.45) is 0 Å². The van der Waals surface area contributed by atoms with Gasteiger partial charge in [0.05, 0.1) is 5.02 Å². The van der Waals surface area contributed by atoms with Crippen LogP contribution in [0.2, 0.25) is 5.02 Å². The van der Waals surface area contributed by atoms with Crippen LogP contribution in [0.5, 0.6) is 5.75 Å². The summed E-state index contributed by atoms with van der Waals surface area (Å²) < 4.78 is 5.79. The Kier molecular flexibility index (Phi) is 5.24. The molecule has 0 radical (unpaired) electrons. The highest BCUT2D eigenvalue weighted by molar-refractivity contribution is 6.32. The van der Waals surface area contributed by atoms with E-state index in [4.69, 9.17) is 16.3 Å². The summed E-state index contributed by atoms with van der Waals surface area (Å²) in [6.07, 6.45) is 2.83. The van der Waals surface area contributed by atoms with Crippen LogP contribution in [0.25, 0.3) is 0 Å². The fourth-order valence-corrected chi connectivity index (χ4v) is 2.13. The van der Waals surface area contributed by atoms with Crippen molar-refractivity contribution in [2.75, 3.05) is 11.9 Å². The maximum absolute atomic E-state index is 6.16. The van der Waals surface area contributed by atoms with Gasteiger partial charge in [0, 0.05) is 18.3 Å². The highest BCUT2D eigenvalue weighted by Crippen LogP contribution is 2.26. The van der Waals surface area contributed by atoms with Gasteiger partial charge in [0.2, 0.25) is 0 Å². The van der Waals surface area contributed by atoms with Crippen molar-refractivity contribution in [2.45, 2.75) is 26.9 Å². The molecular formula is C16H19ClN2O. The molecule has 0 spiro atoms. The number of aromatic nitrogens is 1.